The average molecular weight is 313 g/mol. The molecule has 124 valence electrons. The lowest BCUT2D eigenvalue weighted by Crippen LogP contribution is -2.43. The molecule has 2 rings (SSSR count). The fraction of sp³-hybridized carbons (Fsp3) is 0.421. The first-order chi connectivity index (χ1) is 11.1. The van der Waals surface area contributed by atoms with Gasteiger partial charge in [-0.05, 0) is 37.0 Å². The number of nitrogens with one attached hydrogen (secondary N) is 1. The van der Waals surface area contributed by atoms with Crippen LogP contribution in [0.15, 0.2) is 48.8 Å². The van der Waals surface area contributed by atoms with E-state index in [0.717, 1.165) is 24.9 Å². The van der Waals surface area contributed by atoms with Gasteiger partial charge < -0.3 is 14.8 Å². The number of carbonyl (C=O) groups excluding carboxylic acids is 1. The second-order valence-electron chi connectivity index (χ2n) is 5.95. The summed E-state index contributed by atoms with van der Waals surface area (Å²) >= 11 is 0. The molecule has 0 unspecified atom stereocenters. The zero-order valence-corrected chi connectivity index (χ0v) is 14.3. The highest BCUT2D eigenvalue weighted by Crippen LogP contribution is 2.08. The van der Waals surface area contributed by atoms with Crippen LogP contribution in [0.3, 0.4) is 0 Å². The maximum absolute atomic E-state index is 12.4. The Kier molecular flexibility index (Phi) is 6.27. The first-order valence-electron chi connectivity index (χ1n) is 8.32. The van der Waals surface area contributed by atoms with Gasteiger partial charge in [0, 0.05) is 38.6 Å². The van der Waals surface area contributed by atoms with Crippen molar-refractivity contribution in [3.8, 4) is 0 Å². The van der Waals surface area contributed by atoms with Gasteiger partial charge in [0.05, 0.1) is 0 Å². The molecule has 0 fully saturated rings. The van der Waals surface area contributed by atoms with Crippen molar-refractivity contribution >= 4 is 6.03 Å². The summed E-state index contributed by atoms with van der Waals surface area (Å²) in [4.78, 5) is 14.1. The van der Waals surface area contributed by atoms with Crippen LogP contribution in [0, 0.1) is 0 Å². The molecule has 1 N–H and O–H groups in total. The van der Waals surface area contributed by atoms with E-state index < -0.39 is 0 Å². The normalized spacial score (nSPS) is 12.0. The molecular weight excluding hydrogens is 286 g/mol. The number of nitrogens with zero attached hydrogens (tertiary/aromatic N) is 2. The van der Waals surface area contributed by atoms with Crippen LogP contribution in [-0.4, -0.2) is 28.6 Å². The predicted molar refractivity (Wildman–Crippen MR) is 94.3 cm³/mol. The topological polar surface area (TPSA) is 37.3 Å². The predicted octanol–water partition coefficient (Wildman–Crippen LogP) is 3.67. The number of aryl methyl sites for hydroxylation is 1. The Morgan fingerprint density at radius 1 is 1.17 bits per heavy atom. The van der Waals surface area contributed by atoms with Crippen LogP contribution in [0.25, 0.3) is 0 Å². The minimum absolute atomic E-state index is 0.0166. The quantitative estimate of drug-likeness (QED) is 0.832. The van der Waals surface area contributed by atoms with Crippen molar-refractivity contribution in [2.45, 2.75) is 45.8 Å². The first kappa shape index (κ1) is 17.1. The molecule has 1 atom stereocenters. The molecule has 0 spiro atoms. The van der Waals surface area contributed by atoms with Crippen LogP contribution in [0.2, 0.25) is 0 Å². The van der Waals surface area contributed by atoms with Gasteiger partial charge in [-0.1, -0.05) is 37.3 Å². The third-order valence-corrected chi connectivity index (χ3v) is 4.09. The number of hydrogen-bond acceptors (Lipinski definition) is 1. The number of rotatable bonds is 7. The molecule has 0 bridgehead atoms. The number of aromatic nitrogens is 1. The average Bonchev–Trinajstić information content (AvgIpc) is 3.02. The van der Waals surface area contributed by atoms with E-state index in [1.54, 1.807) is 4.90 Å². The van der Waals surface area contributed by atoms with Gasteiger partial charge in [-0.15, -0.1) is 0 Å². The van der Waals surface area contributed by atoms with E-state index >= 15 is 0 Å². The van der Waals surface area contributed by atoms with Crippen LogP contribution in [0.1, 0.15) is 31.4 Å². The van der Waals surface area contributed by atoms with Crippen LogP contribution in [-0.2, 0) is 19.5 Å². The number of carbonyl (C=O) groups is 1. The summed E-state index contributed by atoms with van der Waals surface area (Å²) in [5, 5.41) is 3.14. The van der Waals surface area contributed by atoms with E-state index in [1.165, 1.54) is 5.56 Å². The maximum Gasteiger partial charge on any atom is 0.317 e. The number of amides is 2. The van der Waals surface area contributed by atoms with Crippen molar-refractivity contribution in [3.63, 3.8) is 0 Å². The summed E-state index contributed by atoms with van der Waals surface area (Å²) < 4.78 is 2.12. The van der Waals surface area contributed by atoms with Gasteiger partial charge in [-0.3, -0.25) is 0 Å². The third-order valence-electron chi connectivity index (χ3n) is 4.09. The molecule has 0 aliphatic heterocycles. The molecule has 2 amide bonds. The van der Waals surface area contributed by atoms with E-state index in [0.29, 0.717) is 6.54 Å². The smallest absolute Gasteiger partial charge is 0.317 e. The molecule has 0 aliphatic rings. The zero-order chi connectivity index (χ0) is 16.7. The highest BCUT2D eigenvalue weighted by molar-refractivity contribution is 5.74. The Hall–Kier alpha value is -2.23. The van der Waals surface area contributed by atoms with Gasteiger partial charge in [0.1, 0.15) is 0 Å². The van der Waals surface area contributed by atoms with Crippen molar-refractivity contribution in [3.05, 3.63) is 59.9 Å². The van der Waals surface area contributed by atoms with Crippen molar-refractivity contribution in [1.82, 2.24) is 14.8 Å². The number of hydrogen-bond donors (Lipinski definition) is 1. The lowest BCUT2D eigenvalue weighted by molar-refractivity contribution is 0.202. The lowest BCUT2D eigenvalue weighted by atomic mass is 10.0. The Bertz CT molecular complexity index is 606. The van der Waals surface area contributed by atoms with E-state index in [-0.39, 0.29) is 12.1 Å². The van der Waals surface area contributed by atoms with Gasteiger partial charge in [-0.2, -0.15) is 0 Å². The van der Waals surface area contributed by atoms with E-state index in [1.807, 2.05) is 31.4 Å². The molecule has 2 aromatic rings. The van der Waals surface area contributed by atoms with E-state index in [4.69, 9.17) is 0 Å². The fourth-order valence-corrected chi connectivity index (χ4v) is 2.61. The van der Waals surface area contributed by atoms with Crippen LogP contribution in [0.5, 0.6) is 0 Å². The summed E-state index contributed by atoms with van der Waals surface area (Å²) in [6.45, 7) is 5.79. The number of benzene rings is 1. The largest absolute Gasteiger partial charge is 0.354 e. The molecule has 23 heavy (non-hydrogen) atoms. The minimum Gasteiger partial charge on any atom is -0.354 e. The molecule has 4 nitrogen and oxygen atoms in total. The second kappa shape index (κ2) is 8.42. The molecule has 0 saturated carbocycles. The highest BCUT2D eigenvalue weighted by Gasteiger charge is 2.15. The van der Waals surface area contributed by atoms with Crippen LogP contribution >= 0.6 is 0 Å². The monoisotopic (exact) mass is 313 g/mol. The summed E-state index contributed by atoms with van der Waals surface area (Å²) in [5.41, 5.74) is 2.41. The fourth-order valence-electron chi connectivity index (χ4n) is 2.61. The standard InChI is InChI=1S/C19H27N3O/c1-4-18(13-16-9-7-6-8-10-16)20-19(23)21(3)14-17-11-12-22(5-2)15-17/h6-12,15,18H,4-5,13-14H2,1-3H3,(H,20,23)/t18-/m1/s1. The van der Waals surface area contributed by atoms with Gasteiger partial charge >= 0.3 is 6.03 Å². The van der Waals surface area contributed by atoms with Crippen molar-refractivity contribution < 1.29 is 4.79 Å². The molecular formula is C19H27N3O. The molecule has 1 heterocycles. The summed E-state index contributed by atoms with van der Waals surface area (Å²) in [5.74, 6) is 0. The van der Waals surface area contributed by atoms with Gasteiger partial charge in [0.15, 0.2) is 0 Å². The molecule has 0 radical (unpaired) electrons. The molecule has 0 aliphatic carbocycles. The van der Waals surface area contributed by atoms with Gasteiger partial charge in [0.25, 0.3) is 0 Å². The van der Waals surface area contributed by atoms with Gasteiger partial charge in [0.2, 0.25) is 0 Å². The Morgan fingerprint density at radius 3 is 2.52 bits per heavy atom. The summed E-state index contributed by atoms with van der Waals surface area (Å²) in [6.07, 6.45) is 5.92. The second-order valence-corrected chi connectivity index (χ2v) is 5.95. The molecule has 1 aromatic heterocycles. The maximum atomic E-state index is 12.4. The van der Waals surface area contributed by atoms with Crippen molar-refractivity contribution in [1.29, 1.82) is 0 Å². The van der Waals surface area contributed by atoms with E-state index in [2.05, 4.69) is 48.1 Å². The minimum atomic E-state index is -0.0166. The molecule has 1 aromatic carbocycles. The highest BCUT2D eigenvalue weighted by atomic mass is 16.2. The summed E-state index contributed by atoms with van der Waals surface area (Å²) in [7, 11) is 1.84. The molecule has 0 saturated heterocycles. The Labute approximate surface area is 139 Å². The number of urea groups is 1. The van der Waals surface area contributed by atoms with Crippen LogP contribution < -0.4 is 5.32 Å². The first-order valence-corrected chi connectivity index (χ1v) is 8.32. The molecule has 4 heteroatoms. The Balaban J connectivity index is 1.88. The SMILES string of the molecule is CC[C@H](Cc1ccccc1)NC(=O)N(C)Cc1ccn(CC)c1. The zero-order valence-electron chi connectivity index (χ0n) is 14.3. The van der Waals surface area contributed by atoms with Gasteiger partial charge in [-0.25, -0.2) is 4.79 Å². The third kappa shape index (κ3) is 5.16. The van der Waals surface area contributed by atoms with Crippen molar-refractivity contribution in [2.24, 2.45) is 0 Å². The Morgan fingerprint density at radius 2 is 1.91 bits per heavy atom. The summed E-state index contributed by atoms with van der Waals surface area (Å²) in [6, 6.07) is 12.5. The van der Waals surface area contributed by atoms with Crippen molar-refractivity contribution in [2.75, 3.05) is 7.05 Å². The van der Waals surface area contributed by atoms with Crippen LogP contribution in [0.4, 0.5) is 4.79 Å². The lowest BCUT2D eigenvalue weighted by Gasteiger charge is -2.23. The van der Waals surface area contributed by atoms with E-state index in [9.17, 15) is 4.79 Å².